The van der Waals surface area contributed by atoms with E-state index in [0.29, 0.717) is 25.7 Å². The van der Waals surface area contributed by atoms with Gasteiger partial charge in [0.1, 0.15) is 0 Å². The highest BCUT2D eigenvalue weighted by molar-refractivity contribution is 8.13. The number of thioether (sulfide) groups is 1. The van der Waals surface area contributed by atoms with Gasteiger partial charge < -0.3 is 10.4 Å². The lowest BCUT2D eigenvalue weighted by atomic mass is 9.99. The third kappa shape index (κ3) is 10.5. The van der Waals surface area contributed by atoms with Crippen LogP contribution in [0.1, 0.15) is 38.2 Å². The zero-order chi connectivity index (χ0) is 21.5. The first-order valence-electron chi connectivity index (χ1n) is 9.62. The SMILES string of the molecule is CCCC(=O)O.CSC(=O)CCC(Cc1ccc(-c2ccccc2)cc1)NC=O. The summed E-state index contributed by atoms with van der Waals surface area (Å²) in [6, 6.07) is 18.6. The first-order valence-corrected chi connectivity index (χ1v) is 10.8. The molecule has 29 heavy (non-hydrogen) atoms. The summed E-state index contributed by atoms with van der Waals surface area (Å²) < 4.78 is 0. The topological polar surface area (TPSA) is 83.5 Å². The number of carbonyl (C=O) groups excluding carboxylic acids is 2. The number of benzene rings is 2. The van der Waals surface area contributed by atoms with Crippen molar-refractivity contribution in [1.82, 2.24) is 5.32 Å². The lowest BCUT2D eigenvalue weighted by Gasteiger charge is -2.16. The Kier molecular flexibility index (Phi) is 12.1. The number of carboxylic acids is 1. The Morgan fingerprint density at radius 2 is 1.66 bits per heavy atom. The highest BCUT2D eigenvalue weighted by Crippen LogP contribution is 2.20. The van der Waals surface area contributed by atoms with Crippen molar-refractivity contribution in [1.29, 1.82) is 0 Å². The molecule has 0 aromatic heterocycles. The normalized spacial score (nSPS) is 11.0. The number of carbonyl (C=O) groups is 3. The van der Waals surface area contributed by atoms with Crippen molar-refractivity contribution < 1.29 is 19.5 Å². The highest BCUT2D eigenvalue weighted by Gasteiger charge is 2.11. The van der Waals surface area contributed by atoms with E-state index in [2.05, 4.69) is 41.7 Å². The molecule has 1 atom stereocenters. The molecule has 2 aromatic carbocycles. The van der Waals surface area contributed by atoms with E-state index in [1.807, 2.05) is 25.1 Å². The zero-order valence-corrected chi connectivity index (χ0v) is 17.8. The average Bonchev–Trinajstić information content (AvgIpc) is 2.73. The third-order valence-electron chi connectivity index (χ3n) is 4.24. The standard InChI is InChI=1S/C19H21NO2S.C4H8O2/c1-23-19(22)12-11-18(20-14-21)13-15-7-9-17(10-8-15)16-5-3-2-4-6-16;1-2-3-4(5)6/h2-10,14,18H,11-13H2,1H3,(H,20,21);2-3H2,1H3,(H,5,6). The monoisotopic (exact) mass is 415 g/mol. The van der Waals surface area contributed by atoms with Gasteiger partial charge in [-0.3, -0.25) is 14.4 Å². The zero-order valence-electron chi connectivity index (χ0n) is 17.0. The highest BCUT2D eigenvalue weighted by atomic mass is 32.2. The maximum absolute atomic E-state index is 11.4. The van der Waals surface area contributed by atoms with Crippen molar-refractivity contribution >= 4 is 29.3 Å². The molecule has 0 spiro atoms. The van der Waals surface area contributed by atoms with Crippen molar-refractivity contribution in [3.63, 3.8) is 0 Å². The molecule has 0 fully saturated rings. The van der Waals surface area contributed by atoms with Gasteiger partial charge in [-0.2, -0.15) is 0 Å². The van der Waals surface area contributed by atoms with Crippen LogP contribution in [0.3, 0.4) is 0 Å². The molecule has 5 nitrogen and oxygen atoms in total. The molecule has 0 aliphatic rings. The summed E-state index contributed by atoms with van der Waals surface area (Å²) in [6.07, 6.45) is 5.40. The van der Waals surface area contributed by atoms with Crippen LogP contribution in [0.15, 0.2) is 54.6 Å². The largest absolute Gasteiger partial charge is 0.481 e. The lowest BCUT2D eigenvalue weighted by molar-refractivity contribution is -0.137. The number of nitrogens with one attached hydrogen (secondary N) is 1. The summed E-state index contributed by atoms with van der Waals surface area (Å²) in [5.41, 5.74) is 3.51. The molecule has 1 amide bonds. The van der Waals surface area contributed by atoms with E-state index in [1.54, 1.807) is 6.26 Å². The van der Waals surface area contributed by atoms with Crippen molar-refractivity contribution in [3.05, 3.63) is 60.2 Å². The molecule has 6 heteroatoms. The molecule has 0 aliphatic carbocycles. The molecule has 1 unspecified atom stereocenters. The fourth-order valence-electron chi connectivity index (χ4n) is 2.70. The van der Waals surface area contributed by atoms with Crippen LogP contribution in [0.4, 0.5) is 0 Å². The Bertz CT molecular complexity index is 747. The first kappa shape index (κ1) is 24.4. The fourth-order valence-corrected chi connectivity index (χ4v) is 3.02. The Labute approximate surface area is 176 Å². The van der Waals surface area contributed by atoms with Gasteiger partial charge in [-0.25, -0.2) is 0 Å². The molecular formula is C23H29NO4S. The maximum Gasteiger partial charge on any atom is 0.303 e. The van der Waals surface area contributed by atoms with Gasteiger partial charge in [-0.1, -0.05) is 73.3 Å². The van der Waals surface area contributed by atoms with Crippen molar-refractivity contribution in [3.8, 4) is 11.1 Å². The van der Waals surface area contributed by atoms with E-state index in [1.165, 1.54) is 22.9 Å². The Morgan fingerprint density at radius 3 is 2.14 bits per heavy atom. The fraction of sp³-hybridized carbons (Fsp3) is 0.348. The number of amides is 1. The van der Waals surface area contributed by atoms with Gasteiger partial charge >= 0.3 is 5.97 Å². The minimum absolute atomic E-state index is 0.00817. The van der Waals surface area contributed by atoms with Crippen molar-refractivity contribution in [2.24, 2.45) is 0 Å². The van der Waals surface area contributed by atoms with Crippen LogP contribution in [0.2, 0.25) is 0 Å². The van der Waals surface area contributed by atoms with Gasteiger partial charge in [-0.15, -0.1) is 0 Å². The van der Waals surface area contributed by atoms with Crippen LogP contribution in [0, 0.1) is 0 Å². The summed E-state index contributed by atoms with van der Waals surface area (Å²) in [7, 11) is 0. The second kappa shape index (κ2) is 14.4. The minimum Gasteiger partial charge on any atom is -0.481 e. The molecule has 0 saturated carbocycles. The third-order valence-corrected chi connectivity index (χ3v) is 4.89. The Balaban J connectivity index is 0.000000612. The summed E-state index contributed by atoms with van der Waals surface area (Å²) in [5.74, 6) is -0.711. The van der Waals surface area contributed by atoms with Gasteiger partial charge in [-0.05, 0) is 42.2 Å². The molecule has 2 rings (SSSR count). The van der Waals surface area contributed by atoms with E-state index in [9.17, 15) is 14.4 Å². The van der Waals surface area contributed by atoms with Gasteiger partial charge in [0.25, 0.3) is 0 Å². The van der Waals surface area contributed by atoms with Crippen molar-refractivity contribution in [2.75, 3.05) is 6.26 Å². The van der Waals surface area contributed by atoms with Gasteiger partial charge in [0.05, 0.1) is 0 Å². The first-order chi connectivity index (χ1) is 14.0. The molecular weight excluding hydrogens is 386 g/mol. The molecule has 0 heterocycles. The van der Waals surface area contributed by atoms with Crippen LogP contribution in [0.5, 0.6) is 0 Å². The predicted octanol–water partition coefficient (Wildman–Crippen LogP) is 4.55. The quantitative estimate of drug-likeness (QED) is 0.556. The molecule has 2 aromatic rings. The van der Waals surface area contributed by atoms with Crippen LogP contribution in [0.25, 0.3) is 11.1 Å². The molecule has 0 bridgehead atoms. The van der Waals surface area contributed by atoms with E-state index in [-0.39, 0.29) is 11.2 Å². The predicted molar refractivity (Wildman–Crippen MR) is 119 cm³/mol. The van der Waals surface area contributed by atoms with Gasteiger partial charge in [0.2, 0.25) is 6.41 Å². The minimum atomic E-state index is -0.711. The van der Waals surface area contributed by atoms with E-state index in [0.717, 1.165) is 18.4 Å². The van der Waals surface area contributed by atoms with Gasteiger partial charge in [0, 0.05) is 18.9 Å². The average molecular weight is 416 g/mol. The van der Waals surface area contributed by atoms with E-state index in [4.69, 9.17) is 5.11 Å². The van der Waals surface area contributed by atoms with Gasteiger partial charge in [0.15, 0.2) is 5.12 Å². The summed E-state index contributed by atoms with van der Waals surface area (Å²) >= 11 is 1.24. The van der Waals surface area contributed by atoms with E-state index >= 15 is 0 Å². The number of aliphatic carboxylic acids is 1. The Hall–Kier alpha value is -2.60. The molecule has 0 saturated heterocycles. The van der Waals surface area contributed by atoms with Crippen LogP contribution >= 0.6 is 11.8 Å². The number of hydrogen-bond donors (Lipinski definition) is 2. The van der Waals surface area contributed by atoms with Crippen molar-refractivity contribution in [2.45, 2.75) is 45.1 Å². The molecule has 0 radical (unpaired) electrons. The lowest BCUT2D eigenvalue weighted by Crippen LogP contribution is -2.30. The maximum atomic E-state index is 11.4. The van der Waals surface area contributed by atoms with Crippen LogP contribution < -0.4 is 5.32 Å². The van der Waals surface area contributed by atoms with Crippen LogP contribution in [-0.4, -0.2) is 34.9 Å². The summed E-state index contributed by atoms with van der Waals surface area (Å²) in [4.78, 5) is 31.8. The summed E-state index contributed by atoms with van der Waals surface area (Å²) in [6.45, 7) is 1.84. The van der Waals surface area contributed by atoms with Crippen LogP contribution in [-0.2, 0) is 20.8 Å². The summed E-state index contributed by atoms with van der Waals surface area (Å²) in [5, 5.41) is 10.9. The van der Waals surface area contributed by atoms with E-state index < -0.39 is 5.97 Å². The molecule has 0 aliphatic heterocycles. The number of carboxylic acid groups (broad SMARTS) is 1. The number of rotatable bonds is 10. The molecule has 2 N–H and O–H groups in total. The molecule has 156 valence electrons. The Morgan fingerprint density at radius 1 is 1.03 bits per heavy atom. The number of hydrogen-bond acceptors (Lipinski definition) is 4. The smallest absolute Gasteiger partial charge is 0.303 e. The second-order valence-electron chi connectivity index (χ2n) is 6.51. The second-order valence-corrected chi connectivity index (χ2v) is 7.37.